The highest BCUT2D eigenvalue weighted by molar-refractivity contribution is 6.00. The van der Waals surface area contributed by atoms with Gasteiger partial charge >= 0.3 is 5.97 Å². The van der Waals surface area contributed by atoms with Crippen LogP contribution in [0.25, 0.3) is 0 Å². The number of nitrogens with zero attached hydrogens (tertiary/aromatic N) is 2. The Morgan fingerprint density at radius 2 is 1.67 bits per heavy atom. The third kappa shape index (κ3) is 4.01. The first-order valence-electron chi connectivity index (χ1n) is 9.77. The Hall–Kier alpha value is -2.31. The van der Waals surface area contributed by atoms with Gasteiger partial charge in [-0.15, -0.1) is 0 Å². The number of aromatic amines is 1. The minimum atomic E-state index is -0.431. The molecule has 2 fully saturated rings. The molecule has 0 atom stereocenters. The van der Waals surface area contributed by atoms with Crippen LogP contribution < -0.4 is 0 Å². The molecule has 1 aromatic rings. The number of hydrogen-bond acceptors (Lipinski definition) is 4. The molecule has 0 aromatic carbocycles. The van der Waals surface area contributed by atoms with Gasteiger partial charge in [0.1, 0.15) is 5.69 Å². The summed E-state index contributed by atoms with van der Waals surface area (Å²) in [4.78, 5) is 44.0. The fourth-order valence-electron chi connectivity index (χ4n) is 4.21. The number of piperidine rings is 1. The maximum absolute atomic E-state index is 12.9. The predicted molar refractivity (Wildman–Crippen MR) is 101 cm³/mol. The van der Waals surface area contributed by atoms with Crippen LogP contribution in [-0.4, -0.2) is 65.9 Å². The van der Waals surface area contributed by atoms with Gasteiger partial charge < -0.3 is 19.5 Å². The van der Waals surface area contributed by atoms with Gasteiger partial charge in [-0.1, -0.05) is 0 Å². The number of methoxy groups -OCH3 is 1. The second-order valence-electron chi connectivity index (χ2n) is 7.64. The second-order valence-corrected chi connectivity index (χ2v) is 7.64. The van der Waals surface area contributed by atoms with E-state index in [1.807, 2.05) is 9.80 Å². The zero-order valence-electron chi connectivity index (χ0n) is 16.5. The largest absolute Gasteiger partial charge is 0.465 e. The zero-order chi connectivity index (χ0) is 19.6. The zero-order valence-corrected chi connectivity index (χ0v) is 16.5. The van der Waals surface area contributed by atoms with Crippen molar-refractivity contribution in [2.24, 2.45) is 5.92 Å². The van der Waals surface area contributed by atoms with Crippen molar-refractivity contribution in [3.63, 3.8) is 0 Å². The summed E-state index contributed by atoms with van der Waals surface area (Å²) >= 11 is 0. The Morgan fingerprint density at radius 3 is 2.26 bits per heavy atom. The first kappa shape index (κ1) is 19.5. The maximum Gasteiger partial charge on any atom is 0.339 e. The average Bonchev–Trinajstić information content (AvgIpc) is 3.30. The second kappa shape index (κ2) is 8.15. The van der Waals surface area contributed by atoms with E-state index in [9.17, 15) is 14.4 Å². The molecule has 2 saturated heterocycles. The van der Waals surface area contributed by atoms with Crippen molar-refractivity contribution in [3.8, 4) is 0 Å². The fourth-order valence-corrected chi connectivity index (χ4v) is 4.21. The van der Waals surface area contributed by atoms with E-state index in [-0.39, 0.29) is 11.8 Å². The SMILES string of the molecule is COC(=O)c1c(C)[nH]c(C(=O)N2CCC(CC(=O)N3CCCC3)CC2)c1C. The molecular formula is C20H29N3O4. The van der Waals surface area contributed by atoms with Gasteiger partial charge in [0, 0.05) is 38.3 Å². The molecule has 7 nitrogen and oxygen atoms in total. The molecule has 1 N–H and O–H groups in total. The van der Waals surface area contributed by atoms with Crippen LogP contribution in [0.1, 0.15) is 64.2 Å². The predicted octanol–water partition coefficient (Wildman–Crippen LogP) is 2.28. The Bertz CT molecular complexity index is 726. The summed E-state index contributed by atoms with van der Waals surface area (Å²) in [5, 5.41) is 0. The van der Waals surface area contributed by atoms with E-state index in [2.05, 4.69) is 4.98 Å². The minimum Gasteiger partial charge on any atom is -0.465 e. The number of H-pyrrole nitrogens is 1. The van der Waals surface area contributed by atoms with Crippen LogP contribution in [0.4, 0.5) is 0 Å². The number of likely N-dealkylation sites (tertiary alicyclic amines) is 2. The molecule has 2 aliphatic rings. The van der Waals surface area contributed by atoms with Crippen LogP contribution in [0.5, 0.6) is 0 Å². The number of amides is 2. The molecule has 2 amide bonds. The van der Waals surface area contributed by atoms with E-state index >= 15 is 0 Å². The van der Waals surface area contributed by atoms with E-state index in [1.165, 1.54) is 7.11 Å². The van der Waals surface area contributed by atoms with Gasteiger partial charge in [-0.3, -0.25) is 9.59 Å². The van der Waals surface area contributed by atoms with Crippen molar-refractivity contribution in [1.29, 1.82) is 0 Å². The van der Waals surface area contributed by atoms with E-state index in [0.717, 1.165) is 38.8 Å². The van der Waals surface area contributed by atoms with Crippen LogP contribution >= 0.6 is 0 Å². The summed E-state index contributed by atoms with van der Waals surface area (Å²) in [7, 11) is 1.34. The lowest BCUT2D eigenvalue weighted by Crippen LogP contribution is -2.40. The molecule has 0 radical (unpaired) electrons. The Morgan fingerprint density at radius 1 is 1.04 bits per heavy atom. The van der Waals surface area contributed by atoms with Crippen molar-refractivity contribution in [3.05, 3.63) is 22.5 Å². The molecule has 0 saturated carbocycles. The molecule has 3 heterocycles. The van der Waals surface area contributed by atoms with Crippen molar-refractivity contribution in [2.45, 2.75) is 46.0 Å². The fraction of sp³-hybridized carbons (Fsp3) is 0.650. The first-order chi connectivity index (χ1) is 12.9. The molecule has 148 valence electrons. The molecule has 7 heteroatoms. The maximum atomic E-state index is 12.9. The van der Waals surface area contributed by atoms with E-state index < -0.39 is 5.97 Å². The Kier molecular flexibility index (Phi) is 5.87. The smallest absolute Gasteiger partial charge is 0.339 e. The van der Waals surface area contributed by atoms with Crippen molar-refractivity contribution in [1.82, 2.24) is 14.8 Å². The van der Waals surface area contributed by atoms with Crippen molar-refractivity contribution in [2.75, 3.05) is 33.3 Å². The molecule has 0 unspecified atom stereocenters. The van der Waals surface area contributed by atoms with Gasteiger partial charge in [-0.25, -0.2) is 4.79 Å². The number of esters is 1. The lowest BCUT2D eigenvalue weighted by atomic mass is 9.92. The summed E-state index contributed by atoms with van der Waals surface area (Å²) in [6.07, 6.45) is 4.50. The third-order valence-corrected chi connectivity index (χ3v) is 5.86. The number of aromatic nitrogens is 1. The summed E-state index contributed by atoms with van der Waals surface area (Å²) < 4.78 is 4.81. The standard InChI is InChI=1S/C20H29N3O4/c1-13-17(20(26)27-3)14(2)21-18(13)19(25)23-10-6-15(7-11-23)12-16(24)22-8-4-5-9-22/h15,21H,4-12H2,1-3H3. The van der Waals surface area contributed by atoms with Crippen molar-refractivity contribution < 1.29 is 19.1 Å². The van der Waals surface area contributed by atoms with E-state index in [0.29, 0.717) is 47.9 Å². The summed E-state index contributed by atoms with van der Waals surface area (Å²) in [5.41, 5.74) is 2.18. The number of carbonyl (C=O) groups is 3. The molecular weight excluding hydrogens is 346 g/mol. The van der Waals surface area contributed by atoms with E-state index in [1.54, 1.807) is 13.8 Å². The number of carbonyl (C=O) groups excluding carboxylic acids is 3. The van der Waals surface area contributed by atoms with Crippen LogP contribution in [0, 0.1) is 19.8 Å². The van der Waals surface area contributed by atoms with E-state index in [4.69, 9.17) is 4.74 Å². The minimum absolute atomic E-state index is 0.0879. The Balaban J connectivity index is 1.59. The molecule has 2 aliphatic heterocycles. The first-order valence-corrected chi connectivity index (χ1v) is 9.77. The molecule has 0 spiro atoms. The van der Waals surface area contributed by atoms with Gasteiger partial charge in [0.2, 0.25) is 5.91 Å². The van der Waals surface area contributed by atoms with Crippen LogP contribution in [0.2, 0.25) is 0 Å². The Labute approximate surface area is 160 Å². The van der Waals surface area contributed by atoms with Gasteiger partial charge in [0.25, 0.3) is 5.91 Å². The van der Waals surface area contributed by atoms with Crippen LogP contribution in [-0.2, 0) is 9.53 Å². The lowest BCUT2D eigenvalue weighted by molar-refractivity contribution is -0.131. The summed E-state index contributed by atoms with van der Waals surface area (Å²) in [6, 6.07) is 0. The topological polar surface area (TPSA) is 82.7 Å². The number of nitrogens with one attached hydrogen (secondary N) is 1. The average molecular weight is 375 g/mol. The molecule has 1 aromatic heterocycles. The highest BCUT2D eigenvalue weighted by Gasteiger charge is 2.30. The van der Waals surface area contributed by atoms with Crippen LogP contribution in [0.3, 0.4) is 0 Å². The number of aryl methyl sites for hydroxylation is 1. The third-order valence-electron chi connectivity index (χ3n) is 5.86. The number of rotatable bonds is 4. The number of hydrogen-bond donors (Lipinski definition) is 1. The van der Waals surface area contributed by atoms with Crippen molar-refractivity contribution >= 4 is 17.8 Å². The monoisotopic (exact) mass is 375 g/mol. The highest BCUT2D eigenvalue weighted by atomic mass is 16.5. The van der Waals surface area contributed by atoms with Gasteiger partial charge in [0.05, 0.1) is 12.7 Å². The van der Waals surface area contributed by atoms with Crippen LogP contribution in [0.15, 0.2) is 0 Å². The van der Waals surface area contributed by atoms with Gasteiger partial charge in [0.15, 0.2) is 0 Å². The highest BCUT2D eigenvalue weighted by Crippen LogP contribution is 2.26. The normalized spacial score (nSPS) is 18.0. The summed E-state index contributed by atoms with van der Waals surface area (Å²) in [6.45, 7) is 6.61. The molecule has 3 rings (SSSR count). The molecule has 0 bridgehead atoms. The molecule has 0 aliphatic carbocycles. The quantitative estimate of drug-likeness (QED) is 0.819. The molecule has 27 heavy (non-hydrogen) atoms. The lowest BCUT2D eigenvalue weighted by Gasteiger charge is -2.32. The number of ether oxygens (including phenoxy) is 1. The van der Waals surface area contributed by atoms with Gasteiger partial charge in [-0.2, -0.15) is 0 Å². The summed E-state index contributed by atoms with van der Waals surface area (Å²) in [5.74, 6) is 0.0876. The van der Waals surface area contributed by atoms with Gasteiger partial charge in [-0.05, 0) is 51.0 Å².